The number of aryl methyl sites for hydroxylation is 1. The van der Waals surface area contributed by atoms with E-state index in [1.807, 2.05) is 0 Å². The lowest BCUT2D eigenvalue weighted by atomic mass is 9.79. The van der Waals surface area contributed by atoms with Crippen LogP contribution in [0.1, 0.15) is 58.1 Å². The minimum Gasteiger partial charge on any atom is -0.508 e. The Morgan fingerprint density at radius 2 is 1.12 bits per heavy atom. The molecule has 0 atom stereocenters. The summed E-state index contributed by atoms with van der Waals surface area (Å²) in [6.45, 7) is 1.62. The van der Waals surface area contributed by atoms with E-state index >= 15 is 0 Å². The van der Waals surface area contributed by atoms with E-state index in [1.165, 1.54) is 60.7 Å². The minimum absolute atomic E-state index is 0.0256. The van der Waals surface area contributed by atoms with Gasteiger partial charge < -0.3 is 26.0 Å². The van der Waals surface area contributed by atoms with E-state index in [0.29, 0.717) is 11.1 Å². The van der Waals surface area contributed by atoms with Crippen molar-refractivity contribution >= 4 is 81.2 Å². The smallest absolute Gasteiger partial charge is 0.257 e. The number of carbonyl (C=O) groups is 4. The van der Waals surface area contributed by atoms with Gasteiger partial charge in [0.15, 0.2) is 0 Å². The highest BCUT2D eigenvalue weighted by atomic mass is 35.5. The molecule has 240 valence electrons. The molecule has 9 nitrogen and oxygen atoms in total. The van der Waals surface area contributed by atoms with Crippen LogP contribution in [0.3, 0.4) is 0 Å². The average Bonchev–Trinajstić information content (AvgIpc) is 3.04. The Morgan fingerprint density at radius 1 is 0.583 bits per heavy atom. The zero-order valence-electron chi connectivity index (χ0n) is 24.4. The van der Waals surface area contributed by atoms with Crippen LogP contribution in [0.25, 0.3) is 11.1 Å². The number of hydrogen-bond donors (Lipinski definition) is 5. The maximum Gasteiger partial charge on any atom is 0.257 e. The quantitative estimate of drug-likeness (QED) is 0.112. The van der Waals surface area contributed by atoms with Gasteiger partial charge in [0, 0.05) is 15.6 Å². The standard InChI is InChI=1S/C35H20Cl4N2O7/c1-14-10-15(2-8-24(14)42)18-13-26(44)29-30(31(18)41-35(48)20-12-17(37)4-6-22(20)39)33(46)28-25(43)9-7-23(27(28)32(29)45)40-34(47)19-11-16(36)3-5-21(19)38/h2-13,42-44H,1H3,(H,40,47)(H,41,48). The number of anilines is 2. The van der Waals surface area contributed by atoms with Crippen LogP contribution < -0.4 is 10.6 Å². The number of benzene rings is 5. The van der Waals surface area contributed by atoms with Crippen LogP contribution in [0.5, 0.6) is 17.2 Å². The van der Waals surface area contributed by atoms with E-state index in [4.69, 9.17) is 46.4 Å². The van der Waals surface area contributed by atoms with Crippen molar-refractivity contribution in [1.82, 2.24) is 0 Å². The molecule has 0 unspecified atom stereocenters. The van der Waals surface area contributed by atoms with Gasteiger partial charge in [-0.15, -0.1) is 0 Å². The first-order chi connectivity index (χ1) is 22.8. The first kappa shape index (κ1) is 32.9. The molecule has 2 amide bonds. The molecule has 6 rings (SSSR count). The Hall–Kier alpha value is -5.06. The second-order valence-corrected chi connectivity index (χ2v) is 12.5. The second-order valence-electron chi connectivity index (χ2n) is 10.8. The highest BCUT2D eigenvalue weighted by molar-refractivity contribution is 6.39. The van der Waals surface area contributed by atoms with Crippen LogP contribution in [0, 0.1) is 6.92 Å². The molecule has 5 aromatic carbocycles. The van der Waals surface area contributed by atoms with Gasteiger partial charge in [0.05, 0.1) is 54.8 Å². The minimum atomic E-state index is -0.950. The predicted octanol–water partition coefficient (Wildman–Crippen LogP) is 8.67. The van der Waals surface area contributed by atoms with Gasteiger partial charge in [-0.25, -0.2) is 0 Å². The van der Waals surface area contributed by atoms with Crippen LogP contribution in [-0.2, 0) is 0 Å². The summed E-state index contributed by atoms with van der Waals surface area (Å²) in [5.74, 6) is -4.73. The molecule has 0 aromatic heterocycles. The summed E-state index contributed by atoms with van der Waals surface area (Å²) in [5.41, 5.74) is -1.38. The number of halogens is 4. The Kier molecular flexibility index (Phi) is 8.57. The fourth-order valence-corrected chi connectivity index (χ4v) is 6.18. The Morgan fingerprint density at radius 3 is 1.73 bits per heavy atom. The predicted molar refractivity (Wildman–Crippen MR) is 184 cm³/mol. The number of nitrogens with one attached hydrogen (secondary N) is 2. The molecule has 0 bridgehead atoms. The van der Waals surface area contributed by atoms with Crippen LogP contribution in [0.4, 0.5) is 11.4 Å². The van der Waals surface area contributed by atoms with Crippen molar-refractivity contribution in [3.8, 4) is 28.4 Å². The summed E-state index contributed by atoms with van der Waals surface area (Å²) < 4.78 is 0. The molecule has 13 heteroatoms. The summed E-state index contributed by atoms with van der Waals surface area (Å²) in [6.07, 6.45) is 0. The van der Waals surface area contributed by atoms with Gasteiger partial charge in [-0.3, -0.25) is 19.2 Å². The molecule has 48 heavy (non-hydrogen) atoms. The zero-order valence-corrected chi connectivity index (χ0v) is 27.4. The van der Waals surface area contributed by atoms with Crippen molar-refractivity contribution < 1.29 is 34.5 Å². The van der Waals surface area contributed by atoms with Crippen LogP contribution in [0.2, 0.25) is 20.1 Å². The average molecular weight is 722 g/mol. The number of rotatable bonds is 5. The summed E-state index contributed by atoms with van der Waals surface area (Å²) in [7, 11) is 0. The lowest BCUT2D eigenvalue weighted by Crippen LogP contribution is -2.27. The molecule has 0 spiro atoms. The van der Waals surface area contributed by atoms with Crippen molar-refractivity contribution in [3.05, 3.63) is 132 Å². The SMILES string of the molecule is Cc1cc(-c2cc(O)c3c(c2NC(=O)c2cc(Cl)ccc2Cl)C(=O)c2c(O)ccc(NC(=O)c4cc(Cl)ccc4Cl)c2C3=O)ccc1O. The number of ketones is 2. The van der Waals surface area contributed by atoms with Gasteiger partial charge in [0.1, 0.15) is 17.2 Å². The number of hydrogen-bond acceptors (Lipinski definition) is 7. The van der Waals surface area contributed by atoms with Crippen molar-refractivity contribution in [1.29, 1.82) is 0 Å². The van der Waals surface area contributed by atoms with Crippen molar-refractivity contribution in [3.63, 3.8) is 0 Å². The van der Waals surface area contributed by atoms with Gasteiger partial charge in [0.25, 0.3) is 11.8 Å². The first-order valence-corrected chi connectivity index (χ1v) is 15.5. The Labute approximate surface area is 292 Å². The van der Waals surface area contributed by atoms with Gasteiger partial charge in [0.2, 0.25) is 11.6 Å². The molecule has 5 N–H and O–H groups in total. The normalized spacial score (nSPS) is 11.9. The fourth-order valence-electron chi connectivity index (χ4n) is 5.43. The van der Waals surface area contributed by atoms with Gasteiger partial charge in [-0.05, 0) is 84.8 Å². The fraction of sp³-hybridized carbons (Fsp3) is 0.0286. The number of amides is 2. The molecule has 0 heterocycles. The third-order valence-corrected chi connectivity index (χ3v) is 8.87. The molecule has 0 saturated heterocycles. The maximum absolute atomic E-state index is 14.4. The lowest BCUT2D eigenvalue weighted by molar-refractivity contribution is 0.0973. The monoisotopic (exact) mass is 720 g/mol. The summed E-state index contributed by atoms with van der Waals surface area (Å²) in [6, 6.07) is 16.3. The second kappa shape index (κ2) is 12.5. The number of phenols is 3. The van der Waals surface area contributed by atoms with Crippen LogP contribution in [-0.4, -0.2) is 38.7 Å². The number of carbonyl (C=O) groups excluding carboxylic acids is 4. The topological polar surface area (TPSA) is 153 Å². The first-order valence-electron chi connectivity index (χ1n) is 13.9. The Balaban J connectivity index is 1.56. The number of phenolic OH excluding ortho intramolecular Hbond substituents is 3. The number of fused-ring (bicyclic) bond motifs is 2. The molecule has 1 aliphatic carbocycles. The molecule has 0 saturated carbocycles. The van der Waals surface area contributed by atoms with E-state index in [1.54, 1.807) is 13.0 Å². The van der Waals surface area contributed by atoms with E-state index in [-0.39, 0.29) is 53.9 Å². The van der Waals surface area contributed by atoms with Crippen molar-refractivity contribution in [2.75, 3.05) is 10.6 Å². The highest BCUT2D eigenvalue weighted by Gasteiger charge is 2.40. The van der Waals surface area contributed by atoms with Gasteiger partial charge in [-0.1, -0.05) is 52.5 Å². The van der Waals surface area contributed by atoms with E-state index in [0.717, 1.165) is 6.07 Å². The highest BCUT2D eigenvalue weighted by Crippen LogP contribution is 2.47. The molecule has 1 aliphatic rings. The zero-order chi connectivity index (χ0) is 34.6. The summed E-state index contributed by atoms with van der Waals surface area (Å²) in [4.78, 5) is 55.5. The van der Waals surface area contributed by atoms with Crippen LogP contribution in [0.15, 0.2) is 72.8 Å². The maximum atomic E-state index is 14.4. The third kappa shape index (κ3) is 5.71. The molecule has 0 fully saturated rings. The van der Waals surface area contributed by atoms with E-state index < -0.39 is 57.1 Å². The molecule has 0 aliphatic heterocycles. The molecule has 0 radical (unpaired) electrons. The molecular weight excluding hydrogens is 702 g/mol. The number of aromatic hydroxyl groups is 3. The van der Waals surface area contributed by atoms with Crippen molar-refractivity contribution in [2.24, 2.45) is 0 Å². The van der Waals surface area contributed by atoms with Crippen molar-refractivity contribution in [2.45, 2.75) is 6.92 Å². The van der Waals surface area contributed by atoms with E-state index in [9.17, 15) is 34.5 Å². The van der Waals surface area contributed by atoms with E-state index in [2.05, 4.69) is 10.6 Å². The summed E-state index contributed by atoms with van der Waals surface area (Å²) >= 11 is 24.6. The third-order valence-electron chi connectivity index (χ3n) is 7.74. The Bertz CT molecular complexity index is 2270. The largest absolute Gasteiger partial charge is 0.508 e. The van der Waals surface area contributed by atoms with Gasteiger partial charge >= 0.3 is 0 Å². The van der Waals surface area contributed by atoms with Crippen LogP contribution >= 0.6 is 46.4 Å². The molecular formula is C35H20Cl4N2O7. The van der Waals surface area contributed by atoms with Gasteiger partial charge in [-0.2, -0.15) is 0 Å². The molecule has 5 aromatic rings. The lowest BCUT2D eigenvalue weighted by Gasteiger charge is -2.26. The summed E-state index contributed by atoms with van der Waals surface area (Å²) in [5, 5.41) is 38.1.